The fourth-order valence-corrected chi connectivity index (χ4v) is 3.19. The Hall–Kier alpha value is -0.520. The molecular weight excluding hydrogens is 312 g/mol. The molecule has 0 bridgehead atoms. The lowest BCUT2D eigenvalue weighted by Gasteiger charge is -2.11. The molecule has 98 valence electrons. The Morgan fingerprint density at radius 3 is 3.00 bits per heavy atom. The lowest BCUT2D eigenvalue weighted by molar-refractivity contribution is -0.119. The van der Waals surface area contributed by atoms with Crippen molar-refractivity contribution in [3.63, 3.8) is 0 Å². The number of thioether (sulfide) groups is 1. The molecule has 1 aliphatic carbocycles. The van der Waals surface area contributed by atoms with Crippen LogP contribution in [0.25, 0.3) is 0 Å². The Balaban J connectivity index is 1.82. The smallest absolute Gasteiger partial charge is 0.230 e. The Kier molecular flexibility index (Phi) is 5.09. The summed E-state index contributed by atoms with van der Waals surface area (Å²) in [5.41, 5.74) is 8.08. The van der Waals surface area contributed by atoms with Crippen molar-refractivity contribution < 1.29 is 4.79 Å². The quantitative estimate of drug-likeness (QED) is 0.809. The fourth-order valence-electron chi connectivity index (χ4n) is 2.21. The predicted octanol–water partition coefficient (Wildman–Crippen LogP) is 1.72. The Morgan fingerprint density at radius 2 is 2.22 bits per heavy atom. The summed E-state index contributed by atoms with van der Waals surface area (Å²) in [6.07, 6.45) is 1.87. The van der Waals surface area contributed by atoms with Gasteiger partial charge in [-0.05, 0) is 36.1 Å². The summed E-state index contributed by atoms with van der Waals surface area (Å²) in [5.74, 6) is 1.46. The number of carbonyl (C=O) groups is 1. The topological polar surface area (TPSA) is 55.1 Å². The van der Waals surface area contributed by atoms with Gasteiger partial charge >= 0.3 is 0 Å². The van der Waals surface area contributed by atoms with E-state index in [9.17, 15) is 4.79 Å². The number of halogens is 1. The van der Waals surface area contributed by atoms with Crippen molar-refractivity contribution in [3.8, 4) is 0 Å². The van der Waals surface area contributed by atoms with E-state index in [0.717, 1.165) is 23.1 Å². The summed E-state index contributed by atoms with van der Waals surface area (Å²) < 4.78 is 1.10. The molecule has 0 saturated carbocycles. The molecule has 1 unspecified atom stereocenters. The molecular formula is C13H17BrN2OS. The average Bonchev–Trinajstić information content (AvgIpc) is 2.70. The van der Waals surface area contributed by atoms with Gasteiger partial charge in [-0.25, -0.2) is 0 Å². The molecule has 3 nitrogen and oxygen atoms in total. The number of nitrogens with one attached hydrogen (secondary N) is 1. The van der Waals surface area contributed by atoms with Gasteiger partial charge in [0.15, 0.2) is 0 Å². The highest BCUT2D eigenvalue weighted by Gasteiger charge is 2.22. The number of benzene rings is 1. The van der Waals surface area contributed by atoms with Crippen molar-refractivity contribution in [2.75, 3.05) is 18.1 Å². The first-order valence-corrected chi connectivity index (χ1v) is 7.98. The SMILES string of the molecule is NCCSCC(=O)NC1Cc2ccc(Br)cc2C1. The van der Waals surface area contributed by atoms with E-state index in [2.05, 4.69) is 39.4 Å². The van der Waals surface area contributed by atoms with Gasteiger partial charge in [-0.2, -0.15) is 11.8 Å². The summed E-state index contributed by atoms with van der Waals surface area (Å²) >= 11 is 5.06. The summed E-state index contributed by atoms with van der Waals surface area (Å²) in [6, 6.07) is 6.58. The summed E-state index contributed by atoms with van der Waals surface area (Å²) in [5, 5.41) is 3.09. The van der Waals surface area contributed by atoms with Crippen molar-refractivity contribution >= 4 is 33.6 Å². The van der Waals surface area contributed by atoms with E-state index in [0.29, 0.717) is 12.3 Å². The van der Waals surface area contributed by atoms with Crippen LogP contribution in [0.5, 0.6) is 0 Å². The minimum absolute atomic E-state index is 0.116. The van der Waals surface area contributed by atoms with Crippen LogP contribution in [0.15, 0.2) is 22.7 Å². The maximum Gasteiger partial charge on any atom is 0.230 e. The average molecular weight is 329 g/mol. The molecule has 0 aromatic heterocycles. The minimum Gasteiger partial charge on any atom is -0.352 e. The van der Waals surface area contributed by atoms with Gasteiger partial charge in [0.1, 0.15) is 0 Å². The van der Waals surface area contributed by atoms with Gasteiger partial charge in [0, 0.05) is 22.8 Å². The second-order valence-electron chi connectivity index (χ2n) is 4.43. The van der Waals surface area contributed by atoms with Crippen molar-refractivity contribution in [1.82, 2.24) is 5.32 Å². The van der Waals surface area contributed by atoms with Crippen molar-refractivity contribution in [1.29, 1.82) is 0 Å². The second kappa shape index (κ2) is 6.59. The third-order valence-corrected chi connectivity index (χ3v) is 4.45. The molecule has 0 spiro atoms. The molecule has 0 aliphatic heterocycles. The molecule has 1 aromatic carbocycles. The lowest BCUT2D eigenvalue weighted by atomic mass is 10.1. The second-order valence-corrected chi connectivity index (χ2v) is 6.45. The monoisotopic (exact) mass is 328 g/mol. The summed E-state index contributed by atoms with van der Waals surface area (Å²) in [6.45, 7) is 0.626. The Labute approximate surface area is 120 Å². The molecule has 0 heterocycles. The van der Waals surface area contributed by atoms with Crippen LogP contribution in [0, 0.1) is 0 Å². The maximum atomic E-state index is 11.7. The lowest BCUT2D eigenvalue weighted by Crippen LogP contribution is -2.36. The molecule has 1 atom stereocenters. The molecule has 0 radical (unpaired) electrons. The maximum absolute atomic E-state index is 11.7. The molecule has 18 heavy (non-hydrogen) atoms. The van der Waals surface area contributed by atoms with Gasteiger partial charge in [-0.1, -0.05) is 22.0 Å². The number of rotatable bonds is 5. The van der Waals surface area contributed by atoms with Gasteiger partial charge in [0.05, 0.1) is 5.75 Å². The zero-order valence-electron chi connectivity index (χ0n) is 10.1. The molecule has 0 fully saturated rings. The van der Waals surface area contributed by atoms with E-state index >= 15 is 0 Å². The number of fused-ring (bicyclic) bond motifs is 1. The van der Waals surface area contributed by atoms with Crippen molar-refractivity contribution in [2.24, 2.45) is 5.73 Å². The zero-order valence-corrected chi connectivity index (χ0v) is 12.5. The highest BCUT2D eigenvalue weighted by atomic mass is 79.9. The Bertz CT molecular complexity index is 439. The van der Waals surface area contributed by atoms with Gasteiger partial charge in [-0.15, -0.1) is 0 Å². The first kappa shape index (κ1) is 13.9. The van der Waals surface area contributed by atoms with Crippen LogP contribution in [-0.2, 0) is 17.6 Å². The molecule has 1 amide bonds. The molecule has 1 aromatic rings. The molecule has 2 rings (SSSR count). The predicted molar refractivity (Wildman–Crippen MR) is 79.9 cm³/mol. The van der Waals surface area contributed by atoms with E-state index in [1.807, 2.05) is 0 Å². The van der Waals surface area contributed by atoms with E-state index in [1.54, 1.807) is 11.8 Å². The number of hydrogen-bond acceptors (Lipinski definition) is 3. The largest absolute Gasteiger partial charge is 0.352 e. The third kappa shape index (κ3) is 3.73. The van der Waals surface area contributed by atoms with Crippen LogP contribution in [0.1, 0.15) is 11.1 Å². The Morgan fingerprint density at radius 1 is 1.44 bits per heavy atom. The van der Waals surface area contributed by atoms with Crippen LogP contribution in [-0.4, -0.2) is 30.0 Å². The van der Waals surface area contributed by atoms with Crippen LogP contribution < -0.4 is 11.1 Å². The van der Waals surface area contributed by atoms with Crippen LogP contribution in [0.2, 0.25) is 0 Å². The molecule has 0 saturated heterocycles. The van der Waals surface area contributed by atoms with Crippen molar-refractivity contribution in [2.45, 2.75) is 18.9 Å². The van der Waals surface area contributed by atoms with Gasteiger partial charge in [0.2, 0.25) is 5.91 Å². The molecule has 5 heteroatoms. The first-order chi connectivity index (χ1) is 8.69. The normalized spacial score (nSPS) is 17.6. The third-order valence-electron chi connectivity index (χ3n) is 2.96. The minimum atomic E-state index is 0.116. The van der Waals surface area contributed by atoms with E-state index < -0.39 is 0 Å². The van der Waals surface area contributed by atoms with Crippen LogP contribution in [0.3, 0.4) is 0 Å². The first-order valence-electron chi connectivity index (χ1n) is 6.03. The van der Waals surface area contributed by atoms with Crippen molar-refractivity contribution in [3.05, 3.63) is 33.8 Å². The molecule has 3 N–H and O–H groups in total. The van der Waals surface area contributed by atoms with E-state index in [-0.39, 0.29) is 11.9 Å². The summed E-state index contributed by atoms with van der Waals surface area (Å²) in [4.78, 5) is 11.7. The molecule has 1 aliphatic rings. The van der Waals surface area contributed by atoms with Crippen LogP contribution >= 0.6 is 27.7 Å². The standard InChI is InChI=1S/C13H17BrN2OS/c14-11-2-1-9-6-12(7-10(9)5-11)16-13(17)8-18-4-3-15/h1-2,5,12H,3-4,6-8,15H2,(H,16,17). The van der Waals surface area contributed by atoms with Gasteiger partial charge < -0.3 is 11.1 Å². The summed E-state index contributed by atoms with van der Waals surface area (Å²) in [7, 11) is 0. The van der Waals surface area contributed by atoms with E-state index in [1.165, 1.54) is 11.1 Å². The van der Waals surface area contributed by atoms with Crippen LogP contribution in [0.4, 0.5) is 0 Å². The number of amides is 1. The zero-order chi connectivity index (χ0) is 13.0. The number of nitrogens with two attached hydrogens (primary N) is 1. The highest BCUT2D eigenvalue weighted by Crippen LogP contribution is 2.25. The van der Waals surface area contributed by atoms with Gasteiger partial charge in [0.25, 0.3) is 0 Å². The number of hydrogen-bond donors (Lipinski definition) is 2. The highest BCUT2D eigenvalue weighted by molar-refractivity contribution is 9.10. The van der Waals surface area contributed by atoms with E-state index in [4.69, 9.17) is 5.73 Å². The van der Waals surface area contributed by atoms with Gasteiger partial charge in [-0.3, -0.25) is 4.79 Å². The number of carbonyl (C=O) groups excluding carboxylic acids is 1. The fraction of sp³-hybridized carbons (Fsp3) is 0.462.